The van der Waals surface area contributed by atoms with Crippen LogP contribution in [0.4, 0.5) is 0 Å². The third-order valence-electron chi connectivity index (χ3n) is 7.77. The summed E-state index contributed by atoms with van der Waals surface area (Å²) < 4.78 is 0. The Balaban J connectivity index is 1.35. The monoisotopic (exact) mass is 426 g/mol. The number of para-hydroxylation sites is 1. The summed E-state index contributed by atoms with van der Waals surface area (Å²) in [5, 5.41) is 7.76. The molecule has 6 rings (SSSR count). The second kappa shape index (κ2) is 7.66. The van der Waals surface area contributed by atoms with Crippen molar-refractivity contribution in [3.63, 3.8) is 0 Å². The predicted molar refractivity (Wildman–Crippen MR) is 126 cm³/mol. The molecule has 1 aromatic heterocycles. The Morgan fingerprint density at radius 1 is 1.00 bits per heavy atom. The fraction of sp³-hybridized carbons (Fsp3) is 0.444. The van der Waals surface area contributed by atoms with Crippen LogP contribution < -0.4 is 10.6 Å². The first-order valence-electron chi connectivity index (χ1n) is 12.0. The maximum atomic E-state index is 12.7. The topological polar surface area (TPSA) is 66.9 Å². The molecular weight excluding hydrogens is 396 g/mol. The van der Waals surface area contributed by atoms with E-state index < -0.39 is 0 Å². The van der Waals surface area contributed by atoms with Crippen LogP contribution >= 0.6 is 0 Å². The van der Waals surface area contributed by atoms with Crippen LogP contribution in [0.25, 0.3) is 10.9 Å². The summed E-state index contributed by atoms with van der Waals surface area (Å²) in [6, 6.07) is 16.1. The molecule has 3 fully saturated rings. The summed E-state index contributed by atoms with van der Waals surface area (Å²) in [4.78, 5) is 22.2. The lowest BCUT2D eigenvalue weighted by molar-refractivity contribution is 0.0961. The van der Waals surface area contributed by atoms with Crippen LogP contribution in [0.1, 0.15) is 82.9 Å². The molecule has 0 radical (unpaired) electrons. The molecule has 1 amide bonds. The molecule has 164 valence electrons. The first-order valence-corrected chi connectivity index (χ1v) is 12.0. The van der Waals surface area contributed by atoms with Gasteiger partial charge in [-0.05, 0) is 74.1 Å². The highest BCUT2D eigenvalue weighted by molar-refractivity contribution is 5.95. The molecule has 0 spiro atoms. The van der Waals surface area contributed by atoms with Crippen LogP contribution in [0.5, 0.6) is 0 Å². The second-order valence-electron chi connectivity index (χ2n) is 9.85. The summed E-state index contributed by atoms with van der Waals surface area (Å²) >= 11 is 0. The lowest BCUT2D eigenvalue weighted by atomic mass is 9.82. The zero-order valence-electron chi connectivity index (χ0n) is 18.8. The van der Waals surface area contributed by atoms with E-state index in [0.717, 1.165) is 36.2 Å². The Bertz CT molecular complexity index is 1190. The number of hydrogen-bond donors (Lipinski definition) is 2. The van der Waals surface area contributed by atoms with Gasteiger partial charge >= 0.3 is 0 Å². The summed E-state index contributed by atoms with van der Waals surface area (Å²) in [7, 11) is 1.73. The van der Waals surface area contributed by atoms with Crippen LogP contribution in [0, 0.1) is 6.92 Å². The zero-order valence-corrected chi connectivity index (χ0v) is 18.8. The number of aromatic nitrogens is 2. The number of amides is 1. The molecule has 3 unspecified atom stereocenters. The van der Waals surface area contributed by atoms with Gasteiger partial charge in [-0.15, -0.1) is 0 Å². The van der Waals surface area contributed by atoms with Gasteiger partial charge in [-0.3, -0.25) is 4.79 Å². The van der Waals surface area contributed by atoms with E-state index in [2.05, 4.69) is 52.0 Å². The van der Waals surface area contributed by atoms with Crippen LogP contribution in [0.2, 0.25) is 0 Å². The maximum absolute atomic E-state index is 12.7. The van der Waals surface area contributed by atoms with E-state index in [-0.39, 0.29) is 5.91 Å². The number of piperidine rings is 1. The van der Waals surface area contributed by atoms with Gasteiger partial charge in [-0.1, -0.05) is 30.3 Å². The van der Waals surface area contributed by atoms with Crippen molar-refractivity contribution < 1.29 is 4.79 Å². The third kappa shape index (κ3) is 3.39. The first-order chi connectivity index (χ1) is 15.6. The van der Waals surface area contributed by atoms with E-state index >= 15 is 0 Å². The van der Waals surface area contributed by atoms with Gasteiger partial charge < -0.3 is 10.6 Å². The Kier molecular flexibility index (Phi) is 4.76. The van der Waals surface area contributed by atoms with Crippen molar-refractivity contribution in [3.05, 3.63) is 70.7 Å². The van der Waals surface area contributed by atoms with E-state index in [4.69, 9.17) is 4.98 Å². The molecule has 2 bridgehead atoms. The highest BCUT2D eigenvalue weighted by atomic mass is 16.1. The second-order valence-corrected chi connectivity index (χ2v) is 9.85. The van der Waals surface area contributed by atoms with Gasteiger partial charge in [0.05, 0.1) is 11.2 Å². The number of benzene rings is 2. The molecule has 5 heteroatoms. The largest absolute Gasteiger partial charge is 0.355 e. The average molecular weight is 427 g/mol. The van der Waals surface area contributed by atoms with E-state index in [1.807, 2.05) is 13.0 Å². The van der Waals surface area contributed by atoms with Gasteiger partial charge in [-0.2, -0.15) is 0 Å². The van der Waals surface area contributed by atoms with Crippen molar-refractivity contribution >= 4 is 16.8 Å². The first kappa shape index (κ1) is 19.9. The fourth-order valence-corrected chi connectivity index (χ4v) is 6.17. The molecule has 3 aliphatic rings. The number of nitrogens with one attached hydrogen (secondary N) is 2. The molecule has 5 nitrogen and oxygen atoms in total. The van der Waals surface area contributed by atoms with E-state index in [1.165, 1.54) is 35.0 Å². The normalized spacial score (nSPS) is 28.6. The Labute approximate surface area is 189 Å². The minimum Gasteiger partial charge on any atom is -0.355 e. The number of aryl methyl sites for hydroxylation is 1. The van der Waals surface area contributed by atoms with Crippen molar-refractivity contribution in [2.24, 2.45) is 0 Å². The molecule has 3 aromatic rings. The molecule has 3 heterocycles. The van der Waals surface area contributed by atoms with Gasteiger partial charge in [0, 0.05) is 36.0 Å². The van der Waals surface area contributed by atoms with Gasteiger partial charge in [0.15, 0.2) is 0 Å². The number of hydrogen-bond acceptors (Lipinski definition) is 4. The molecular formula is C27H30N4O. The van der Waals surface area contributed by atoms with Gasteiger partial charge in [-0.25, -0.2) is 9.97 Å². The van der Waals surface area contributed by atoms with E-state index in [9.17, 15) is 4.79 Å². The number of carbonyl (C=O) groups excluding carboxylic acids is 1. The minimum atomic E-state index is 0.0298. The Morgan fingerprint density at radius 2 is 1.78 bits per heavy atom. The fourth-order valence-electron chi connectivity index (χ4n) is 6.17. The van der Waals surface area contributed by atoms with Crippen LogP contribution in [-0.2, 0) is 0 Å². The smallest absolute Gasteiger partial charge is 0.251 e. The number of carbonyl (C=O) groups is 1. The van der Waals surface area contributed by atoms with Crippen molar-refractivity contribution in [1.29, 1.82) is 0 Å². The summed E-state index contributed by atoms with van der Waals surface area (Å²) in [5.74, 6) is 2.21. The van der Waals surface area contributed by atoms with E-state index in [0.29, 0.717) is 29.8 Å². The van der Waals surface area contributed by atoms with Gasteiger partial charge in [0.1, 0.15) is 5.82 Å². The molecule has 2 saturated heterocycles. The molecule has 2 aromatic carbocycles. The molecule has 32 heavy (non-hydrogen) atoms. The molecule has 5 atom stereocenters. The van der Waals surface area contributed by atoms with Crippen molar-refractivity contribution in [2.45, 2.75) is 68.9 Å². The number of fused-ring (bicyclic) bond motifs is 3. The standard InChI is InChI=1S/C27H30N4O/c1-15-29-25-6-4-3-5-21(25)26(30-15)24-14-23(24)16-7-10-20(27(32)28-2)22(13-16)17-11-18-8-9-19(12-17)31-18/h3-7,10,13,17-19,23-24,31H,8-9,11-12,14H2,1-2H3,(H,28,32)/t17?,18-,19+,23?,24?. The summed E-state index contributed by atoms with van der Waals surface area (Å²) in [6.45, 7) is 1.98. The van der Waals surface area contributed by atoms with Gasteiger partial charge in [0.25, 0.3) is 5.91 Å². The van der Waals surface area contributed by atoms with Crippen LogP contribution in [0.15, 0.2) is 42.5 Å². The summed E-state index contributed by atoms with van der Waals surface area (Å²) in [5.41, 5.74) is 5.65. The molecule has 2 aliphatic heterocycles. The third-order valence-corrected chi connectivity index (χ3v) is 7.77. The lowest BCUT2D eigenvalue weighted by Crippen LogP contribution is -2.37. The lowest BCUT2D eigenvalue weighted by Gasteiger charge is -2.30. The Morgan fingerprint density at radius 3 is 2.56 bits per heavy atom. The van der Waals surface area contributed by atoms with E-state index in [1.54, 1.807) is 7.05 Å². The molecule has 1 saturated carbocycles. The van der Waals surface area contributed by atoms with Gasteiger partial charge in [0.2, 0.25) is 0 Å². The van der Waals surface area contributed by atoms with Crippen molar-refractivity contribution in [3.8, 4) is 0 Å². The van der Waals surface area contributed by atoms with Crippen LogP contribution in [0.3, 0.4) is 0 Å². The average Bonchev–Trinajstić information content (AvgIpc) is 3.55. The maximum Gasteiger partial charge on any atom is 0.251 e. The minimum absolute atomic E-state index is 0.0298. The van der Waals surface area contributed by atoms with Crippen molar-refractivity contribution in [2.75, 3.05) is 7.05 Å². The predicted octanol–water partition coefficient (Wildman–Crippen LogP) is 4.57. The summed E-state index contributed by atoms with van der Waals surface area (Å²) in [6.07, 6.45) is 5.90. The SMILES string of the molecule is CNC(=O)c1ccc(C2CC2c2nc(C)nc3ccccc23)cc1C1C[C@H]2CC[C@@H](C1)N2. The van der Waals surface area contributed by atoms with Crippen molar-refractivity contribution in [1.82, 2.24) is 20.6 Å². The number of nitrogens with zero attached hydrogens (tertiary/aromatic N) is 2. The van der Waals surface area contributed by atoms with Crippen LogP contribution in [-0.4, -0.2) is 35.0 Å². The molecule has 1 aliphatic carbocycles. The Hall–Kier alpha value is -2.79. The molecule has 2 N–H and O–H groups in total. The number of rotatable bonds is 4. The zero-order chi connectivity index (χ0) is 21.8. The highest BCUT2D eigenvalue weighted by Crippen LogP contribution is 2.56. The quantitative estimate of drug-likeness (QED) is 0.641. The highest BCUT2D eigenvalue weighted by Gasteiger charge is 2.43.